The van der Waals surface area contributed by atoms with Crippen molar-refractivity contribution < 1.29 is 0 Å². The van der Waals surface area contributed by atoms with Crippen LogP contribution in [0.3, 0.4) is 0 Å². The Morgan fingerprint density at radius 1 is 0.889 bits per heavy atom. The molecule has 0 radical (unpaired) electrons. The molecule has 1 aromatic heterocycles. The van der Waals surface area contributed by atoms with Crippen molar-refractivity contribution in [1.29, 1.82) is 0 Å². The molecule has 0 aliphatic rings. The number of aryl methyl sites for hydroxylation is 2. The van der Waals surface area contributed by atoms with Gasteiger partial charge in [-0.05, 0) is 19.3 Å². The first-order chi connectivity index (χ1) is 8.88. The van der Waals surface area contributed by atoms with Crippen molar-refractivity contribution >= 4 is 0 Å². The third-order valence-electron chi connectivity index (χ3n) is 3.46. The zero-order valence-electron chi connectivity index (χ0n) is 12.2. The quantitative estimate of drug-likeness (QED) is 0.547. The van der Waals surface area contributed by atoms with Gasteiger partial charge in [-0.25, -0.2) is 4.68 Å². The molecule has 1 rings (SSSR count). The number of hydrogen-bond donors (Lipinski definition) is 0. The molecule has 3 nitrogen and oxygen atoms in total. The normalized spacial score (nSPS) is 11.0. The molecule has 1 heterocycles. The van der Waals surface area contributed by atoms with Crippen molar-refractivity contribution in [3.63, 3.8) is 0 Å². The number of nitrogens with zero attached hydrogens (tertiary/aromatic N) is 3. The Hall–Kier alpha value is -0.860. The van der Waals surface area contributed by atoms with Gasteiger partial charge in [0.15, 0.2) is 0 Å². The Morgan fingerprint density at radius 2 is 1.56 bits per heavy atom. The number of rotatable bonds is 11. The maximum absolute atomic E-state index is 4.20. The summed E-state index contributed by atoms with van der Waals surface area (Å²) in [6.45, 7) is 5.55. The standard InChI is InChI=1S/C15H29N3/c1-3-5-7-9-10-12-15-14-16-17-18(15)13-11-8-6-4-2/h14H,3-13H2,1-2H3. The van der Waals surface area contributed by atoms with Crippen LogP contribution in [0.2, 0.25) is 0 Å². The molecular formula is C15H29N3. The molecule has 18 heavy (non-hydrogen) atoms. The monoisotopic (exact) mass is 251 g/mol. The molecule has 0 spiro atoms. The molecule has 0 atom stereocenters. The van der Waals surface area contributed by atoms with E-state index in [1.54, 1.807) is 0 Å². The fraction of sp³-hybridized carbons (Fsp3) is 0.867. The van der Waals surface area contributed by atoms with Gasteiger partial charge in [-0.2, -0.15) is 0 Å². The van der Waals surface area contributed by atoms with E-state index in [-0.39, 0.29) is 0 Å². The average Bonchev–Trinajstić information content (AvgIpc) is 2.82. The molecule has 0 unspecified atom stereocenters. The highest BCUT2D eigenvalue weighted by Gasteiger charge is 2.03. The van der Waals surface area contributed by atoms with E-state index in [1.807, 2.05) is 6.20 Å². The third kappa shape index (κ3) is 6.18. The van der Waals surface area contributed by atoms with Crippen LogP contribution < -0.4 is 0 Å². The predicted octanol–water partition coefficient (Wildman–Crippen LogP) is 4.37. The molecular weight excluding hydrogens is 222 g/mol. The molecule has 0 aliphatic carbocycles. The van der Waals surface area contributed by atoms with Crippen LogP contribution in [0.1, 0.15) is 77.3 Å². The van der Waals surface area contributed by atoms with Gasteiger partial charge >= 0.3 is 0 Å². The van der Waals surface area contributed by atoms with Crippen LogP contribution in [0.5, 0.6) is 0 Å². The summed E-state index contributed by atoms with van der Waals surface area (Å²) in [6.07, 6.45) is 14.9. The highest BCUT2D eigenvalue weighted by molar-refractivity contribution is 4.93. The smallest absolute Gasteiger partial charge is 0.0725 e. The summed E-state index contributed by atoms with van der Waals surface area (Å²) in [5.74, 6) is 0. The maximum Gasteiger partial charge on any atom is 0.0725 e. The maximum atomic E-state index is 4.20. The van der Waals surface area contributed by atoms with Gasteiger partial charge < -0.3 is 0 Å². The predicted molar refractivity (Wildman–Crippen MR) is 76.6 cm³/mol. The van der Waals surface area contributed by atoms with E-state index in [9.17, 15) is 0 Å². The molecule has 0 amide bonds. The number of hydrogen-bond acceptors (Lipinski definition) is 2. The van der Waals surface area contributed by atoms with Gasteiger partial charge in [0.05, 0.1) is 11.9 Å². The molecule has 0 saturated carbocycles. The lowest BCUT2D eigenvalue weighted by atomic mass is 10.1. The first-order valence-corrected chi connectivity index (χ1v) is 7.75. The molecule has 0 bridgehead atoms. The second-order valence-electron chi connectivity index (χ2n) is 5.17. The number of aromatic nitrogens is 3. The number of unbranched alkanes of at least 4 members (excludes halogenated alkanes) is 7. The minimum absolute atomic E-state index is 1.05. The van der Waals surface area contributed by atoms with Crippen LogP contribution >= 0.6 is 0 Å². The van der Waals surface area contributed by atoms with Gasteiger partial charge in [-0.15, -0.1) is 5.10 Å². The minimum atomic E-state index is 1.05. The van der Waals surface area contributed by atoms with Crippen LogP contribution in [0, 0.1) is 0 Å². The Kier molecular flexibility index (Phi) is 8.53. The van der Waals surface area contributed by atoms with Crippen molar-refractivity contribution in [2.45, 2.75) is 84.6 Å². The van der Waals surface area contributed by atoms with E-state index in [2.05, 4.69) is 28.8 Å². The molecule has 0 N–H and O–H groups in total. The largest absolute Gasteiger partial charge is 0.249 e. The summed E-state index contributed by atoms with van der Waals surface area (Å²) < 4.78 is 2.11. The second kappa shape index (κ2) is 10.1. The lowest BCUT2D eigenvalue weighted by Crippen LogP contribution is -2.05. The van der Waals surface area contributed by atoms with Crippen molar-refractivity contribution in [1.82, 2.24) is 15.0 Å². The van der Waals surface area contributed by atoms with Gasteiger partial charge in [0.25, 0.3) is 0 Å². The average molecular weight is 251 g/mol. The van der Waals surface area contributed by atoms with Crippen LogP contribution in [0.25, 0.3) is 0 Å². The van der Waals surface area contributed by atoms with E-state index in [0.29, 0.717) is 0 Å². The van der Waals surface area contributed by atoms with Gasteiger partial charge in [0.2, 0.25) is 0 Å². The second-order valence-corrected chi connectivity index (χ2v) is 5.17. The fourth-order valence-electron chi connectivity index (χ4n) is 2.26. The van der Waals surface area contributed by atoms with E-state index < -0.39 is 0 Å². The van der Waals surface area contributed by atoms with Crippen molar-refractivity contribution in [3.8, 4) is 0 Å². The highest BCUT2D eigenvalue weighted by Crippen LogP contribution is 2.09. The summed E-state index contributed by atoms with van der Waals surface area (Å²) in [7, 11) is 0. The summed E-state index contributed by atoms with van der Waals surface area (Å²) in [5.41, 5.74) is 1.32. The van der Waals surface area contributed by atoms with Crippen LogP contribution in [-0.2, 0) is 13.0 Å². The SMILES string of the molecule is CCCCCCCc1cnnn1CCCCCC. The topological polar surface area (TPSA) is 30.7 Å². The Bertz CT molecular complexity index is 294. The minimum Gasteiger partial charge on any atom is -0.249 e. The molecule has 104 valence electrons. The van der Waals surface area contributed by atoms with Crippen LogP contribution in [0.15, 0.2) is 6.20 Å². The first-order valence-electron chi connectivity index (χ1n) is 7.75. The summed E-state index contributed by atoms with van der Waals surface area (Å²) >= 11 is 0. The summed E-state index contributed by atoms with van der Waals surface area (Å²) in [4.78, 5) is 0. The Morgan fingerprint density at radius 3 is 2.28 bits per heavy atom. The van der Waals surface area contributed by atoms with Crippen molar-refractivity contribution in [2.24, 2.45) is 0 Å². The fourth-order valence-corrected chi connectivity index (χ4v) is 2.26. The van der Waals surface area contributed by atoms with Crippen LogP contribution in [0.4, 0.5) is 0 Å². The molecule has 0 saturated heterocycles. The zero-order valence-corrected chi connectivity index (χ0v) is 12.2. The lowest BCUT2D eigenvalue weighted by Gasteiger charge is -2.06. The van der Waals surface area contributed by atoms with Crippen molar-refractivity contribution in [2.75, 3.05) is 0 Å². The molecule has 0 aliphatic heterocycles. The molecule has 1 aromatic rings. The van der Waals surface area contributed by atoms with E-state index in [1.165, 1.54) is 63.5 Å². The lowest BCUT2D eigenvalue weighted by molar-refractivity contribution is 0.505. The molecule has 0 aromatic carbocycles. The highest BCUT2D eigenvalue weighted by atomic mass is 15.4. The van der Waals surface area contributed by atoms with Gasteiger partial charge in [-0.1, -0.05) is 64.0 Å². The Balaban J connectivity index is 2.18. The van der Waals surface area contributed by atoms with Gasteiger partial charge in [0.1, 0.15) is 0 Å². The van der Waals surface area contributed by atoms with Crippen molar-refractivity contribution in [3.05, 3.63) is 11.9 Å². The Labute approximate surface area is 112 Å². The van der Waals surface area contributed by atoms with Gasteiger partial charge in [-0.3, -0.25) is 0 Å². The third-order valence-corrected chi connectivity index (χ3v) is 3.46. The van der Waals surface area contributed by atoms with Crippen LogP contribution in [-0.4, -0.2) is 15.0 Å². The van der Waals surface area contributed by atoms with E-state index >= 15 is 0 Å². The first kappa shape index (κ1) is 15.2. The van der Waals surface area contributed by atoms with E-state index in [4.69, 9.17) is 0 Å². The zero-order chi connectivity index (χ0) is 13.1. The molecule has 0 fully saturated rings. The van der Waals surface area contributed by atoms with Gasteiger partial charge in [0, 0.05) is 6.54 Å². The van der Waals surface area contributed by atoms with E-state index in [0.717, 1.165) is 13.0 Å². The summed E-state index contributed by atoms with van der Waals surface area (Å²) in [6, 6.07) is 0. The summed E-state index contributed by atoms with van der Waals surface area (Å²) in [5, 5.41) is 8.24. The molecule has 3 heteroatoms.